The normalized spacial score (nSPS) is 48.5. The van der Waals surface area contributed by atoms with Crippen molar-refractivity contribution in [3.8, 4) is 0 Å². The van der Waals surface area contributed by atoms with E-state index in [1.54, 1.807) is 0 Å². The molecule has 120 valence electrons. The van der Waals surface area contributed by atoms with Crippen LogP contribution < -0.4 is 0 Å². The zero-order valence-corrected chi connectivity index (χ0v) is 14.1. The van der Waals surface area contributed by atoms with Gasteiger partial charge in [0.1, 0.15) is 17.2 Å². The number of alkyl halides is 1. The van der Waals surface area contributed by atoms with Crippen molar-refractivity contribution in [1.82, 2.24) is 0 Å². The SMILES string of the molecule is CCC1(C(=O)OC2CCC(C(C)(C)C)CC2)[C@]2(C)C[C@@]12F. The van der Waals surface area contributed by atoms with Gasteiger partial charge in [-0.25, -0.2) is 4.39 Å². The molecule has 3 saturated carbocycles. The van der Waals surface area contributed by atoms with Crippen LogP contribution >= 0.6 is 0 Å². The lowest BCUT2D eigenvalue weighted by Gasteiger charge is -2.37. The lowest BCUT2D eigenvalue weighted by Crippen LogP contribution is -2.37. The number of rotatable bonds is 3. The van der Waals surface area contributed by atoms with Gasteiger partial charge < -0.3 is 4.74 Å². The summed E-state index contributed by atoms with van der Waals surface area (Å²) in [6, 6.07) is 0. The second-order valence-corrected chi connectivity index (χ2v) is 8.81. The van der Waals surface area contributed by atoms with Crippen LogP contribution in [0, 0.1) is 22.2 Å². The topological polar surface area (TPSA) is 26.3 Å². The van der Waals surface area contributed by atoms with Crippen molar-refractivity contribution in [2.45, 2.75) is 84.9 Å². The van der Waals surface area contributed by atoms with Gasteiger partial charge in [0.15, 0.2) is 0 Å². The summed E-state index contributed by atoms with van der Waals surface area (Å²) in [6.07, 6.45) is 5.20. The zero-order valence-electron chi connectivity index (χ0n) is 14.1. The fourth-order valence-electron chi connectivity index (χ4n) is 5.04. The quantitative estimate of drug-likeness (QED) is 0.708. The van der Waals surface area contributed by atoms with Crippen LogP contribution in [0.4, 0.5) is 4.39 Å². The molecule has 21 heavy (non-hydrogen) atoms. The Morgan fingerprint density at radius 2 is 1.76 bits per heavy atom. The number of hydrogen-bond acceptors (Lipinski definition) is 2. The Balaban J connectivity index is 1.56. The molecule has 3 rings (SSSR count). The van der Waals surface area contributed by atoms with E-state index in [1.807, 2.05) is 13.8 Å². The van der Waals surface area contributed by atoms with Crippen LogP contribution in [-0.4, -0.2) is 17.7 Å². The van der Waals surface area contributed by atoms with E-state index < -0.39 is 16.5 Å². The van der Waals surface area contributed by atoms with Crippen LogP contribution in [0.5, 0.6) is 0 Å². The average Bonchev–Trinajstić information content (AvgIpc) is 3.09. The predicted molar refractivity (Wildman–Crippen MR) is 80.6 cm³/mol. The van der Waals surface area contributed by atoms with Gasteiger partial charge in [-0.15, -0.1) is 0 Å². The van der Waals surface area contributed by atoms with Gasteiger partial charge in [-0.1, -0.05) is 34.6 Å². The monoisotopic (exact) mass is 296 g/mol. The van der Waals surface area contributed by atoms with Gasteiger partial charge in [-0.3, -0.25) is 4.79 Å². The summed E-state index contributed by atoms with van der Waals surface area (Å²) in [6.45, 7) is 10.6. The second kappa shape index (κ2) is 4.23. The van der Waals surface area contributed by atoms with E-state index >= 15 is 0 Å². The van der Waals surface area contributed by atoms with E-state index in [0.29, 0.717) is 24.2 Å². The first-order valence-electron chi connectivity index (χ1n) is 8.52. The van der Waals surface area contributed by atoms with Crippen LogP contribution in [-0.2, 0) is 9.53 Å². The molecule has 0 bridgehead atoms. The van der Waals surface area contributed by atoms with Crippen LogP contribution in [0.25, 0.3) is 0 Å². The Labute approximate surface area is 127 Å². The van der Waals surface area contributed by atoms with Gasteiger partial charge in [0.25, 0.3) is 0 Å². The highest BCUT2D eigenvalue weighted by atomic mass is 19.1. The maximum atomic E-state index is 14.5. The number of fused-ring (bicyclic) bond motifs is 1. The smallest absolute Gasteiger partial charge is 0.316 e. The molecule has 3 aliphatic carbocycles. The maximum absolute atomic E-state index is 14.5. The van der Waals surface area contributed by atoms with Crippen molar-refractivity contribution < 1.29 is 13.9 Å². The molecule has 1 unspecified atom stereocenters. The molecule has 0 aromatic carbocycles. The molecule has 0 spiro atoms. The van der Waals surface area contributed by atoms with E-state index in [-0.39, 0.29) is 12.1 Å². The van der Waals surface area contributed by atoms with Gasteiger partial charge >= 0.3 is 5.97 Å². The molecule has 3 aliphatic rings. The Hall–Kier alpha value is -0.600. The Morgan fingerprint density at radius 3 is 2.10 bits per heavy atom. The summed E-state index contributed by atoms with van der Waals surface area (Å²) >= 11 is 0. The van der Waals surface area contributed by atoms with Crippen molar-refractivity contribution in [3.63, 3.8) is 0 Å². The fourth-order valence-corrected chi connectivity index (χ4v) is 5.04. The largest absolute Gasteiger partial charge is 0.462 e. The molecular weight excluding hydrogens is 267 g/mol. The molecule has 0 saturated heterocycles. The number of carbonyl (C=O) groups excluding carboxylic acids is 1. The first-order valence-corrected chi connectivity index (χ1v) is 8.52. The molecule has 0 radical (unpaired) electrons. The first kappa shape index (κ1) is 15.3. The fraction of sp³-hybridized carbons (Fsp3) is 0.944. The predicted octanol–water partition coefficient (Wildman–Crippen LogP) is 4.66. The van der Waals surface area contributed by atoms with Crippen molar-refractivity contribution >= 4 is 5.97 Å². The highest BCUT2D eigenvalue weighted by molar-refractivity contribution is 5.89. The molecule has 0 aliphatic heterocycles. The van der Waals surface area contributed by atoms with Gasteiger partial charge in [0.05, 0.1) is 0 Å². The number of esters is 1. The summed E-state index contributed by atoms with van der Waals surface area (Å²) in [5.74, 6) is 0.437. The highest BCUT2D eigenvalue weighted by Gasteiger charge is 3.02. The summed E-state index contributed by atoms with van der Waals surface area (Å²) in [7, 11) is 0. The third kappa shape index (κ3) is 1.78. The first-order chi connectivity index (χ1) is 9.62. The van der Waals surface area contributed by atoms with E-state index in [9.17, 15) is 9.18 Å². The minimum Gasteiger partial charge on any atom is -0.462 e. The van der Waals surface area contributed by atoms with Gasteiger partial charge in [-0.2, -0.15) is 0 Å². The maximum Gasteiger partial charge on any atom is 0.316 e. The third-order valence-corrected chi connectivity index (χ3v) is 6.95. The Kier molecular flexibility index (Phi) is 3.08. The number of ether oxygens (including phenoxy) is 1. The second-order valence-electron chi connectivity index (χ2n) is 8.81. The lowest BCUT2D eigenvalue weighted by molar-refractivity contribution is -0.163. The van der Waals surface area contributed by atoms with Gasteiger partial charge in [0.2, 0.25) is 0 Å². The summed E-state index contributed by atoms with van der Waals surface area (Å²) in [4.78, 5) is 12.5. The molecule has 0 aromatic heterocycles. The average molecular weight is 296 g/mol. The highest BCUT2D eigenvalue weighted by Crippen LogP contribution is 2.93. The number of carbonyl (C=O) groups is 1. The summed E-state index contributed by atoms with van der Waals surface area (Å²) in [5.41, 5.74) is -2.17. The van der Waals surface area contributed by atoms with E-state index in [1.165, 1.54) is 0 Å². The van der Waals surface area contributed by atoms with Crippen molar-refractivity contribution in [3.05, 3.63) is 0 Å². The van der Waals surface area contributed by atoms with E-state index in [2.05, 4.69) is 20.8 Å². The molecular formula is C18H29FO2. The minimum atomic E-state index is -1.26. The standard InChI is InChI=1S/C18H29FO2/c1-6-17(16(5)11-18(16,17)19)14(20)21-13-9-7-12(8-10-13)15(2,3)4/h12-13H,6-11H2,1-5H3/t12?,13?,16-,17?,18-/m0/s1. The molecule has 2 nitrogen and oxygen atoms in total. The van der Waals surface area contributed by atoms with Crippen LogP contribution in [0.2, 0.25) is 0 Å². The summed E-state index contributed by atoms with van der Waals surface area (Å²) < 4.78 is 20.2. The van der Waals surface area contributed by atoms with Crippen molar-refractivity contribution in [2.24, 2.45) is 22.2 Å². The van der Waals surface area contributed by atoms with Crippen molar-refractivity contribution in [2.75, 3.05) is 0 Å². The third-order valence-electron chi connectivity index (χ3n) is 6.95. The number of hydrogen-bond donors (Lipinski definition) is 0. The Bertz CT molecular complexity index is 444. The summed E-state index contributed by atoms with van der Waals surface area (Å²) in [5, 5.41) is 0. The molecule has 3 heteroatoms. The minimum absolute atomic E-state index is 0.00623. The van der Waals surface area contributed by atoms with Crippen LogP contribution in [0.3, 0.4) is 0 Å². The zero-order chi connectivity index (χ0) is 15.7. The van der Waals surface area contributed by atoms with Gasteiger partial charge in [-0.05, 0) is 49.9 Å². The molecule has 0 aromatic rings. The molecule has 3 atom stereocenters. The van der Waals surface area contributed by atoms with E-state index in [0.717, 1.165) is 25.7 Å². The van der Waals surface area contributed by atoms with Crippen molar-refractivity contribution in [1.29, 1.82) is 0 Å². The number of halogens is 1. The Morgan fingerprint density at radius 1 is 1.24 bits per heavy atom. The van der Waals surface area contributed by atoms with Gasteiger partial charge in [0, 0.05) is 5.41 Å². The molecule has 0 amide bonds. The lowest BCUT2D eigenvalue weighted by atomic mass is 9.72. The molecule has 3 fully saturated rings. The molecule has 0 N–H and O–H groups in total. The van der Waals surface area contributed by atoms with Crippen LogP contribution in [0.15, 0.2) is 0 Å². The van der Waals surface area contributed by atoms with E-state index in [4.69, 9.17) is 4.74 Å². The molecule has 0 heterocycles. The van der Waals surface area contributed by atoms with Crippen LogP contribution in [0.1, 0.15) is 73.1 Å².